The average Bonchev–Trinajstić information content (AvgIpc) is 2.84. The highest BCUT2D eigenvalue weighted by Gasteiger charge is 2.42. The van der Waals surface area contributed by atoms with Gasteiger partial charge in [-0.2, -0.15) is 4.72 Å². The number of likely N-dealkylation sites (tertiary alicyclic amines) is 1. The van der Waals surface area contributed by atoms with Gasteiger partial charge in [0.25, 0.3) is 10.0 Å². The van der Waals surface area contributed by atoms with Gasteiger partial charge in [-0.1, -0.05) is 11.6 Å². The summed E-state index contributed by atoms with van der Waals surface area (Å²) < 4.78 is 26.8. The molecule has 0 spiro atoms. The summed E-state index contributed by atoms with van der Waals surface area (Å²) in [5, 5.41) is 0. The predicted octanol–water partition coefficient (Wildman–Crippen LogP) is 1.22. The van der Waals surface area contributed by atoms with Gasteiger partial charge in [-0.05, 0) is 26.0 Å². The average molecular weight is 337 g/mol. The fourth-order valence-electron chi connectivity index (χ4n) is 1.97. The van der Waals surface area contributed by atoms with E-state index in [2.05, 4.69) is 4.72 Å². The Morgan fingerprint density at radius 3 is 2.50 bits per heavy atom. The van der Waals surface area contributed by atoms with Crippen LogP contribution in [0.15, 0.2) is 16.3 Å². The van der Waals surface area contributed by atoms with Gasteiger partial charge in [-0.3, -0.25) is 14.5 Å². The van der Waals surface area contributed by atoms with Crippen molar-refractivity contribution in [3.8, 4) is 0 Å². The number of carbonyl (C=O) groups is 2. The van der Waals surface area contributed by atoms with E-state index in [1.807, 2.05) is 0 Å². The van der Waals surface area contributed by atoms with Crippen molar-refractivity contribution in [2.24, 2.45) is 0 Å². The summed E-state index contributed by atoms with van der Waals surface area (Å²) in [6, 6.07) is 1.48. The van der Waals surface area contributed by atoms with Gasteiger partial charge in [0.2, 0.25) is 11.8 Å². The molecule has 9 heteroatoms. The molecule has 2 rings (SSSR count). The molecule has 0 saturated carbocycles. The molecule has 20 heavy (non-hydrogen) atoms. The number of rotatable bonds is 4. The summed E-state index contributed by atoms with van der Waals surface area (Å²) in [6.07, 6.45) is -0.157. The molecular weight excluding hydrogens is 324 g/mol. The van der Waals surface area contributed by atoms with E-state index < -0.39 is 22.0 Å². The SMILES string of the molecule is CC(C)N1C(=O)CC(NS(=O)(=O)c2ccc(Cl)s2)C1=O. The molecule has 1 unspecified atom stereocenters. The van der Waals surface area contributed by atoms with Crippen LogP contribution in [0.1, 0.15) is 20.3 Å². The lowest BCUT2D eigenvalue weighted by Crippen LogP contribution is -2.43. The monoisotopic (exact) mass is 336 g/mol. The van der Waals surface area contributed by atoms with Crippen LogP contribution in [0.2, 0.25) is 4.34 Å². The first-order chi connectivity index (χ1) is 9.22. The molecule has 0 aromatic carbocycles. The summed E-state index contributed by atoms with van der Waals surface area (Å²) in [4.78, 5) is 24.8. The number of halogens is 1. The van der Waals surface area contributed by atoms with Crippen molar-refractivity contribution in [1.82, 2.24) is 9.62 Å². The molecule has 1 aliphatic rings. The molecule has 6 nitrogen and oxygen atoms in total. The molecule has 1 saturated heterocycles. The molecule has 1 aromatic heterocycles. The van der Waals surface area contributed by atoms with E-state index in [1.165, 1.54) is 12.1 Å². The van der Waals surface area contributed by atoms with Crippen LogP contribution >= 0.6 is 22.9 Å². The molecule has 0 aliphatic carbocycles. The fraction of sp³-hybridized carbons (Fsp3) is 0.455. The third-order valence-corrected chi connectivity index (χ3v) is 6.00. The van der Waals surface area contributed by atoms with Crippen LogP contribution in [0.4, 0.5) is 0 Å². The number of thiophene rings is 1. The number of imide groups is 1. The van der Waals surface area contributed by atoms with Crippen molar-refractivity contribution < 1.29 is 18.0 Å². The third-order valence-electron chi connectivity index (χ3n) is 2.81. The van der Waals surface area contributed by atoms with Gasteiger partial charge in [0.05, 0.1) is 10.8 Å². The maximum atomic E-state index is 12.1. The van der Waals surface area contributed by atoms with E-state index in [0.29, 0.717) is 4.34 Å². The predicted molar refractivity (Wildman–Crippen MR) is 75.0 cm³/mol. The second-order valence-corrected chi connectivity index (χ2v) is 8.29. The Morgan fingerprint density at radius 1 is 1.40 bits per heavy atom. The molecule has 110 valence electrons. The highest BCUT2D eigenvalue weighted by atomic mass is 35.5. The van der Waals surface area contributed by atoms with E-state index >= 15 is 0 Å². The number of hydrogen-bond donors (Lipinski definition) is 1. The minimum atomic E-state index is -3.84. The zero-order chi connectivity index (χ0) is 15.1. The Kier molecular flexibility index (Phi) is 4.19. The first-order valence-electron chi connectivity index (χ1n) is 5.86. The Labute approximate surface area is 125 Å². The van der Waals surface area contributed by atoms with Gasteiger partial charge in [-0.15, -0.1) is 11.3 Å². The zero-order valence-corrected chi connectivity index (χ0v) is 13.2. The second kappa shape index (κ2) is 5.44. The Bertz CT molecular complexity index is 653. The summed E-state index contributed by atoms with van der Waals surface area (Å²) in [6.45, 7) is 3.40. The molecule has 2 heterocycles. The number of hydrogen-bond acceptors (Lipinski definition) is 5. The maximum Gasteiger partial charge on any atom is 0.250 e. The third kappa shape index (κ3) is 2.88. The minimum Gasteiger partial charge on any atom is -0.279 e. The summed E-state index contributed by atoms with van der Waals surface area (Å²) in [5.74, 6) is -0.891. The van der Waals surface area contributed by atoms with Crippen LogP contribution in [-0.4, -0.2) is 37.2 Å². The smallest absolute Gasteiger partial charge is 0.250 e. The van der Waals surface area contributed by atoms with E-state index in [-0.39, 0.29) is 22.6 Å². The van der Waals surface area contributed by atoms with Crippen molar-refractivity contribution in [2.45, 2.75) is 36.6 Å². The molecule has 1 fully saturated rings. The highest BCUT2D eigenvalue weighted by molar-refractivity contribution is 7.91. The fourth-order valence-corrected chi connectivity index (χ4v) is 4.66. The van der Waals surface area contributed by atoms with Crippen molar-refractivity contribution >= 4 is 44.8 Å². The summed E-state index contributed by atoms with van der Waals surface area (Å²) >= 11 is 6.59. The van der Waals surface area contributed by atoms with Gasteiger partial charge < -0.3 is 0 Å². The first kappa shape index (κ1) is 15.4. The van der Waals surface area contributed by atoms with Gasteiger partial charge in [0.1, 0.15) is 10.3 Å². The van der Waals surface area contributed by atoms with Gasteiger partial charge in [-0.25, -0.2) is 8.42 Å². The quantitative estimate of drug-likeness (QED) is 0.838. The normalized spacial score (nSPS) is 20.2. The Morgan fingerprint density at radius 2 is 2.05 bits per heavy atom. The standard InChI is InChI=1S/C11H13ClN2O4S2/c1-6(2)14-9(15)5-7(11(14)16)13-20(17,18)10-4-3-8(12)19-10/h3-4,6-7,13H,5H2,1-2H3. The molecule has 1 aliphatic heterocycles. The number of amides is 2. The topological polar surface area (TPSA) is 83.6 Å². The Hall–Kier alpha value is -0.960. The summed E-state index contributed by atoms with van der Waals surface area (Å²) in [7, 11) is -3.84. The van der Waals surface area contributed by atoms with Gasteiger partial charge in [0.15, 0.2) is 0 Å². The molecule has 2 amide bonds. The number of carbonyl (C=O) groups excluding carboxylic acids is 2. The lowest BCUT2D eigenvalue weighted by Gasteiger charge is -2.19. The lowest BCUT2D eigenvalue weighted by atomic mass is 10.3. The zero-order valence-electron chi connectivity index (χ0n) is 10.8. The van der Waals surface area contributed by atoms with Crippen LogP contribution in [0.3, 0.4) is 0 Å². The van der Waals surface area contributed by atoms with Crippen molar-refractivity contribution in [1.29, 1.82) is 0 Å². The van der Waals surface area contributed by atoms with Gasteiger partial charge in [0, 0.05) is 6.04 Å². The largest absolute Gasteiger partial charge is 0.279 e. The molecule has 0 bridgehead atoms. The molecule has 0 radical (unpaired) electrons. The van der Waals surface area contributed by atoms with Gasteiger partial charge >= 0.3 is 0 Å². The maximum absolute atomic E-state index is 12.1. The number of nitrogens with zero attached hydrogens (tertiary/aromatic N) is 1. The highest BCUT2D eigenvalue weighted by Crippen LogP contribution is 2.26. The molecule has 1 atom stereocenters. The van der Waals surface area contributed by atoms with Crippen molar-refractivity contribution in [3.05, 3.63) is 16.5 Å². The van der Waals surface area contributed by atoms with E-state index in [1.54, 1.807) is 13.8 Å². The van der Waals surface area contributed by atoms with E-state index in [9.17, 15) is 18.0 Å². The van der Waals surface area contributed by atoms with Crippen LogP contribution in [0, 0.1) is 0 Å². The molecular formula is C11H13ClN2O4S2. The van der Waals surface area contributed by atoms with Crippen molar-refractivity contribution in [2.75, 3.05) is 0 Å². The van der Waals surface area contributed by atoms with Crippen molar-refractivity contribution in [3.63, 3.8) is 0 Å². The summed E-state index contributed by atoms with van der Waals surface area (Å²) in [5.41, 5.74) is 0. The van der Waals surface area contributed by atoms with E-state index in [0.717, 1.165) is 16.2 Å². The second-order valence-electron chi connectivity index (χ2n) is 4.63. The van der Waals surface area contributed by atoms with Crippen LogP contribution < -0.4 is 4.72 Å². The Balaban J connectivity index is 2.19. The lowest BCUT2D eigenvalue weighted by molar-refractivity contribution is -0.140. The minimum absolute atomic E-state index is 0.0192. The number of sulfonamides is 1. The first-order valence-corrected chi connectivity index (χ1v) is 8.53. The van der Waals surface area contributed by atoms with E-state index in [4.69, 9.17) is 11.6 Å². The van der Waals surface area contributed by atoms with Crippen LogP contribution in [-0.2, 0) is 19.6 Å². The van der Waals surface area contributed by atoms with Crippen LogP contribution in [0.25, 0.3) is 0 Å². The molecule has 1 N–H and O–H groups in total. The van der Waals surface area contributed by atoms with Crippen LogP contribution in [0.5, 0.6) is 0 Å². The molecule has 1 aromatic rings. The number of nitrogens with one attached hydrogen (secondary N) is 1.